The van der Waals surface area contributed by atoms with Crippen molar-refractivity contribution in [2.75, 3.05) is 19.3 Å². The number of thioether (sulfide) groups is 1. The average Bonchev–Trinajstić information content (AvgIpc) is 2.69. The molecule has 1 fully saturated rings. The van der Waals surface area contributed by atoms with Crippen LogP contribution in [0.15, 0.2) is 11.2 Å². The lowest BCUT2D eigenvalue weighted by Gasteiger charge is -2.11. The van der Waals surface area contributed by atoms with Crippen molar-refractivity contribution >= 4 is 23.4 Å². The molecule has 0 bridgehead atoms. The van der Waals surface area contributed by atoms with Crippen molar-refractivity contribution < 1.29 is 4.74 Å². The van der Waals surface area contributed by atoms with E-state index >= 15 is 0 Å². The van der Waals surface area contributed by atoms with Gasteiger partial charge in [0.05, 0.1) is 0 Å². The molecule has 15 heavy (non-hydrogen) atoms. The highest BCUT2D eigenvalue weighted by Gasteiger charge is 2.17. The van der Waals surface area contributed by atoms with Gasteiger partial charge >= 0.3 is 0 Å². The van der Waals surface area contributed by atoms with Gasteiger partial charge in [0.15, 0.2) is 5.16 Å². The van der Waals surface area contributed by atoms with E-state index in [9.17, 15) is 0 Å². The fourth-order valence-corrected chi connectivity index (χ4v) is 2.02. The Morgan fingerprint density at radius 3 is 3.13 bits per heavy atom. The smallest absolute Gasteiger partial charge is 0.219 e. The van der Waals surface area contributed by atoms with Crippen LogP contribution >= 0.6 is 23.4 Å². The van der Waals surface area contributed by atoms with Gasteiger partial charge in [0.2, 0.25) is 5.88 Å². The minimum Gasteiger partial charge on any atom is -0.473 e. The molecule has 2 heterocycles. The lowest BCUT2D eigenvalue weighted by Crippen LogP contribution is -2.20. The number of hydrogen-bond donors (Lipinski definition) is 1. The monoisotopic (exact) mass is 245 g/mol. The zero-order chi connectivity index (χ0) is 10.7. The summed E-state index contributed by atoms with van der Waals surface area (Å²) < 4.78 is 5.69. The molecule has 1 N–H and O–H groups in total. The first kappa shape index (κ1) is 11.0. The fraction of sp³-hybridized carbons (Fsp3) is 0.556. The summed E-state index contributed by atoms with van der Waals surface area (Å²) in [7, 11) is 0. The average molecular weight is 246 g/mol. The van der Waals surface area contributed by atoms with E-state index in [0.29, 0.717) is 16.2 Å². The number of aromatic nitrogens is 2. The van der Waals surface area contributed by atoms with Crippen molar-refractivity contribution in [2.24, 2.45) is 0 Å². The zero-order valence-corrected chi connectivity index (χ0v) is 9.94. The molecule has 0 spiro atoms. The summed E-state index contributed by atoms with van der Waals surface area (Å²) in [6.07, 6.45) is 3.12. The van der Waals surface area contributed by atoms with Gasteiger partial charge in [-0.15, -0.1) is 0 Å². The Morgan fingerprint density at radius 1 is 1.60 bits per heavy atom. The van der Waals surface area contributed by atoms with Crippen molar-refractivity contribution in [1.29, 1.82) is 0 Å². The molecule has 1 saturated heterocycles. The molecule has 1 atom stereocenters. The molecule has 0 amide bonds. The number of nitrogens with one attached hydrogen (secondary N) is 1. The number of hydrogen-bond acceptors (Lipinski definition) is 5. The molecule has 0 unspecified atom stereocenters. The first-order valence-electron chi connectivity index (χ1n) is 4.74. The topological polar surface area (TPSA) is 47.0 Å². The standard InChI is InChI=1S/C9H12ClN3OS/c1-15-9-12-7(10)4-8(13-9)14-6-2-3-11-5-6/h4,6,11H,2-3,5H2,1H3/t6-/m1/s1. The molecule has 2 rings (SSSR count). The quantitative estimate of drug-likeness (QED) is 0.498. The van der Waals surface area contributed by atoms with Crippen LogP contribution in [-0.4, -0.2) is 35.4 Å². The normalized spacial score (nSPS) is 20.5. The van der Waals surface area contributed by atoms with Crippen LogP contribution in [0.2, 0.25) is 5.15 Å². The summed E-state index contributed by atoms with van der Waals surface area (Å²) in [5, 5.41) is 4.30. The van der Waals surface area contributed by atoms with Crippen LogP contribution in [0.25, 0.3) is 0 Å². The van der Waals surface area contributed by atoms with Crippen molar-refractivity contribution in [3.8, 4) is 5.88 Å². The maximum atomic E-state index is 5.85. The molecule has 0 radical (unpaired) electrons. The third kappa shape index (κ3) is 2.96. The maximum Gasteiger partial charge on any atom is 0.219 e. The van der Waals surface area contributed by atoms with Gasteiger partial charge < -0.3 is 10.1 Å². The second-order valence-electron chi connectivity index (χ2n) is 3.25. The molecule has 0 saturated carbocycles. The van der Waals surface area contributed by atoms with Gasteiger partial charge in [0.1, 0.15) is 11.3 Å². The van der Waals surface area contributed by atoms with Gasteiger partial charge in [-0.3, -0.25) is 0 Å². The molecular formula is C9H12ClN3OS. The van der Waals surface area contributed by atoms with E-state index in [1.54, 1.807) is 6.07 Å². The van der Waals surface area contributed by atoms with E-state index < -0.39 is 0 Å². The largest absolute Gasteiger partial charge is 0.473 e. The molecule has 1 aliphatic rings. The first-order valence-corrected chi connectivity index (χ1v) is 6.34. The Bertz CT molecular complexity index is 344. The molecular weight excluding hydrogens is 234 g/mol. The Morgan fingerprint density at radius 2 is 2.47 bits per heavy atom. The van der Waals surface area contributed by atoms with Crippen LogP contribution in [0.1, 0.15) is 6.42 Å². The zero-order valence-electron chi connectivity index (χ0n) is 8.36. The SMILES string of the molecule is CSc1nc(Cl)cc(O[C@@H]2CCNC2)n1. The second kappa shape index (κ2) is 5.01. The third-order valence-corrected chi connectivity index (χ3v) is 2.88. The number of rotatable bonds is 3. The molecule has 6 heteroatoms. The maximum absolute atomic E-state index is 5.85. The summed E-state index contributed by atoms with van der Waals surface area (Å²) in [6, 6.07) is 1.65. The summed E-state index contributed by atoms with van der Waals surface area (Å²) in [5.41, 5.74) is 0. The van der Waals surface area contributed by atoms with Crippen molar-refractivity contribution in [3.63, 3.8) is 0 Å². The van der Waals surface area contributed by atoms with Crippen LogP contribution in [0, 0.1) is 0 Å². The highest BCUT2D eigenvalue weighted by atomic mass is 35.5. The fourth-order valence-electron chi connectivity index (χ4n) is 1.43. The van der Waals surface area contributed by atoms with Crippen LogP contribution in [0.5, 0.6) is 5.88 Å². The summed E-state index contributed by atoms with van der Waals surface area (Å²) in [5.74, 6) is 0.563. The van der Waals surface area contributed by atoms with Crippen molar-refractivity contribution in [2.45, 2.75) is 17.7 Å². The lowest BCUT2D eigenvalue weighted by atomic mass is 10.3. The van der Waals surface area contributed by atoms with Crippen molar-refractivity contribution in [1.82, 2.24) is 15.3 Å². The summed E-state index contributed by atoms with van der Waals surface area (Å²) in [6.45, 7) is 1.87. The highest BCUT2D eigenvalue weighted by Crippen LogP contribution is 2.20. The van der Waals surface area contributed by atoms with E-state index in [1.807, 2.05) is 6.26 Å². The van der Waals surface area contributed by atoms with Crippen LogP contribution < -0.4 is 10.1 Å². The van der Waals surface area contributed by atoms with Crippen LogP contribution in [0.3, 0.4) is 0 Å². The Kier molecular flexibility index (Phi) is 3.66. The van der Waals surface area contributed by atoms with Gasteiger partial charge in [-0.05, 0) is 19.2 Å². The van der Waals surface area contributed by atoms with Gasteiger partial charge in [0.25, 0.3) is 0 Å². The predicted molar refractivity (Wildman–Crippen MR) is 60.7 cm³/mol. The molecule has 82 valence electrons. The summed E-state index contributed by atoms with van der Waals surface area (Å²) >= 11 is 7.31. The molecule has 4 nitrogen and oxygen atoms in total. The van der Waals surface area contributed by atoms with Gasteiger partial charge in [-0.2, -0.15) is 4.98 Å². The van der Waals surface area contributed by atoms with E-state index in [4.69, 9.17) is 16.3 Å². The first-order chi connectivity index (χ1) is 7.28. The van der Waals surface area contributed by atoms with Crippen LogP contribution in [-0.2, 0) is 0 Å². The van der Waals surface area contributed by atoms with Crippen molar-refractivity contribution in [3.05, 3.63) is 11.2 Å². The Labute approximate surface area is 97.8 Å². The van der Waals surface area contributed by atoms with E-state index in [0.717, 1.165) is 19.5 Å². The number of nitrogens with zero attached hydrogens (tertiary/aromatic N) is 2. The Hall–Kier alpha value is -0.520. The van der Waals surface area contributed by atoms with E-state index in [1.165, 1.54) is 11.8 Å². The number of ether oxygens (including phenoxy) is 1. The van der Waals surface area contributed by atoms with Gasteiger partial charge in [0, 0.05) is 12.6 Å². The summed E-state index contributed by atoms with van der Waals surface area (Å²) in [4.78, 5) is 8.28. The van der Waals surface area contributed by atoms with E-state index in [2.05, 4.69) is 15.3 Å². The molecule has 1 aliphatic heterocycles. The minimum absolute atomic E-state index is 0.200. The molecule has 1 aromatic heterocycles. The number of halogens is 1. The third-order valence-electron chi connectivity index (χ3n) is 2.14. The van der Waals surface area contributed by atoms with Crippen LogP contribution in [0.4, 0.5) is 0 Å². The minimum atomic E-state index is 0.200. The second-order valence-corrected chi connectivity index (χ2v) is 4.41. The highest BCUT2D eigenvalue weighted by molar-refractivity contribution is 7.98. The molecule has 0 aliphatic carbocycles. The van der Waals surface area contributed by atoms with Gasteiger partial charge in [-0.1, -0.05) is 23.4 Å². The molecule has 1 aromatic rings. The molecule has 0 aromatic carbocycles. The van der Waals surface area contributed by atoms with E-state index in [-0.39, 0.29) is 6.10 Å². The lowest BCUT2D eigenvalue weighted by molar-refractivity contribution is 0.212. The Balaban J connectivity index is 2.09. The predicted octanol–water partition coefficient (Wildman–Crippen LogP) is 1.59. The van der Waals surface area contributed by atoms with Gasteiger partial charge in [-0.25, -0.2) is 4.98 Å².